The number of aromatic nitrogens is 2. The van der Waals surface area contributed by atoms with Gasteiger partial charge in [0.2, 0.25) is 0 Å². The lowest BCUT2D eigenvalue weighted by atomic mass is 10.2. The molecule has 0 atom stereocenters. The van der Waals surface area contributed by atoms with Crippen LogP contribution >= 0.6 is 0 Å². The summed E-state index contributed by atoms with van der Waals surface area (Å²) in [4.78, 5) is 8.52. The molecule has 2 heterocycles. The molecule has 88 valence electrons. The van der Waals surface area contributed by atoms with Gasteiger partial charge in [-0.1, -0.05) is 24.3 Å². The van der Waals surface area contributed by atoms with E-state index in [-0.39, 0.29) is 0 Å². The highest BCUT2D eigenvalue weighted by Gasteiger charge is 2.00. The number of anilines is 1. The Morgan fingerprint density at radius 3 is 2.72 bits per heavy atom. The van der Waals surface area contributed by atoms with E-state index in [1.165, 1.54) is 0 Å². The molecule has 0 unspecified atom stereocenters. The van der Waals surface area contributed by atoms with E-state index < -0.39 is 0 Å². The number of fused-ring (bicyclic) bond motifs is 1. The molecule has 3 nitrogen and oxygen atoms in total. The van der Waals surface area contributed by atoms with Crippen LogP contribution in [0.15, 0.2) is 61.1 Å². The molecule has 0 radical (unpaired) electrons. The summed E-state index contributed by atoms with van der Waals surface area (Å²) in [5.74, 6) is 0. The Balaban J connectivity index is 1.87. The van der Waals surface area contributed by atoms with E-state index in [1.54, 1.807) is 6.20 Å². The molecule has 0 aliphatic rings. The van der Waals surface area contributed by atoms with Crippen LogP contribution in [-0.2, 0) is 6.54 Å². The summed E-state index contributed by atoms with van der Waals surface area (Å²) in [6, 6.07) is 14.2. The van der Waals surface area contributed by atoms with Gasteiger partial charge < -0.3 is 5.32 Å². The topological polar surface area (TPSA) is 37.8 Å². The van der Waals surface area contributed by atoms with Gasteiger partial charge in [0.1, 0.15) is 0 Å². The first-order valence-corrected chi connectivity index (χ1v) is 5.90. The summed E-state index contributed by atoms with van der Waals surface area (Å²) in [7, 11) is 0. The average molecular weight is 235 g/mol. The monoisotopic (exact) mass is 235 g/mol. The molecule has 3 heteroatoms. The minimum Gasteiger partial charge on any atom is -0.379 e. The number of nitrogens with one attached hydrogen (secondary N) is 1. The van der Waals surface area contributed by atoms with Crippen molar-refractivity contribution >= 4 is 16.6 Å². The molecule has 0 saturated heterocycles. The van der Waals surface area contributed by atoms with E-state index in [2.05, 4.69) is 33.5 Å². The van der Waals surface area contributed by atoms with Crippen molar-refractivity contribution in [2.75, 3.05) is 5.32 Å². The molecule has 0 aliphatic carbocycles. The van der Waals surface area contributed by atoms with Crippen LogP contribution in [0.1, 0.15) is 5.56 Å². The average Bonchev–Trinajstić information content (AvgIpc) is 2.46. The molecule has 2 aromatic heterocycles. The molecule has 0 bridgehead atoms. The Labute approximate surface area is 106 Å². The lowest BCUT2D eigenvalue weighted by Crippen LogP contribution is -2.00. The normalized spacial score (nSPS) is 10.4. The van der Waals surface area contributed by atoms with E-state index in [0.717, 1.165) is 28.7 Å². The van der Waals surface area contributed by atoms with E-state index in [4.69, 9.17) is 0 Å². The number of hydrogen-bond donors (Lipinski definition) is 1. The number of pyridine rings is 2. The molecular formula is C15H13N3. The first-order valence-electron chi connectivity index (χ1n) is 5.90. The van der Waals surface area contributed by atoms with Gasteiger partial charge in [-0.05, 0) is 23.8 Å². The Bertz CT molecular complexity index is 645. The van der Waals surface area contributed by atoms with Crippen molar-refractivity contribution in [3.8, 4) is 0 Å². The number of benzene rings is 1. The third kappa shape index (κ3) is 2.15. The second kappa shape index (κ2) is 4.84. The standard InChI is InChI=1S/C15H13N3/c1-5-13-6-3-9-17-15(13)14(7-1)18-11-12-4-2-8-16-10-12/h1-10,18H,11H2. The summed E-state index contributed by atoms with van der Waals surface area (Å²) in [6.07, 6.45) is 5.46. The van der Waals surface area contributed by atoms with Crippen molar-refractivity contribution < 1.29 is 0 Å². The first-order chi connectivity index (χ1) is 8.93. The van der Waals surface area contributed by atoms with Gasteiger partial charge in [-0.2, -0.15) is 0 Å². The maximum atomic E-state index is 4.42. The largest absolute Gasteiger partial charge is 0.379 e. The zero-order chi connectivity index (χ0) is 12.2. The van der Waals surface area contributed by atoms with Gasteiger partial charge in [-0.15, -0.1) is 0 Å². The molecule has 0 aliphatic heterocycles. The molecule has 3 rings (SSSR count). The fourth-order valence-corrected chi connectivity index (χ4v) is 1.95. The summed E-state index contributed by atoms with van der Waals surface area (Å²) < 4.78 is 0. The van der Waals surface area contributed by atoms with E-state index in [9.17, 15) is 0 Å². The second-order valence-electron chi connectivity index (χ2n) is 4.10. The number of hydrogen-bond acceptors (Lipinski definition) is 3. The van der Waals surface area contributed by atoms with Crippen LogP contribution in [0.2, 0.25) is 0 Å². The van der Waals surface area contributed by atoms with Gasteiger partial charge in [-0.3, -0.25) is 9.97 Å². The van der Waals surface area contributed by atoms with Crippen LogP contribution in [0.5, 0.6) is 0 Å². The zero-order valence-electron chi connectivity index (χ0n) is 9.88. The van der Waals surface area contributed by atoms with Crippen LogP contribution < -0.4 is 5.32 Å². The molecule has 0 fully saturated rings. The van der Waals surface area contributed by atoms with Crippen molar-refractivity contribution in [2.45, 2.75) is 6.54 Å². The van der Waals surface area contributed by atoms with E-state index in [1.807, 2.05) is 36.7 Å². The zero-order valence-corrected chi connectivity index (χ0v) is 9.88. The van der Waals surface area contributed by atoms with Crippen molar-refractivity contribution in [1.29, 1.82) is 0 Å². The van der Waals surface area contributed by atoms with Crippen molar-refractivity contribution in [3.63, 3.8) is 0 Å². The Morgan fingerprint density at radius 2 is 1.83 bits per heavy atom. The number of nitrogens with zero attached hydrogens (tertiary/aromatic N) is 2. The highest BCUT2D eigenvalue weighted by Crippen LogP contribution is 2.20. The van der Waals surface area contributed by atoms with E-state index in [0.29, 0.717) is 0 Å². The van der Waals surface area contributed by atoms with Crippen molar-refractivity contribution in [3.05, 3.63) is 66.6 Å². The van der Waals surface area contributed by atoms with Crippen molar-refractivity contribution in [1.82, 2.24) is 9.97 Å². The van der Waals surface area contributed by atoms with Crippen LogP contribution in [0.3, 0.4) is 0 Å². The molecule has 1 aromatic carbocycles. The minimum atomic E-state index is 0.753. The molecule has 3 aromatic rings. The quantitative estimate of drug-likeness (QED) is 0.757. The third-order valence-corrected chi connectivity index (χ3v) is 2.84. The van der Waals surface area contributed by atoms with Crippen LogP contribution in [0.4, 0.5) is 5.69 Å². The Morgan fingerprint density at radius 1 is 0.944 bits per heavy atom. The van der Waals surface area contributed by atoms with Crippen LogP contribution in [0.25, 0.3) is 10.9 Å². The highest BCUT2D eigenvalue weighted by molar-refractivity contribution is 5.90. The summed E-state index contributed by atoms with van der Waals surface area (Å²) in [6.45, 7) is 0.753. The van der Waals surface area contributed by atoms with Gasteiger partial charge in [0, 0.05) is 30.5 Å². The van der Waals surface area contributed by atoms with Crippen LogP contribution in [-0.4, -0.2) is 9.97 Å². The summed E-state index contributed by atoms with van der Waals surface area (Å²) in [5.41, 5.74) is 3.21. The van der Waals surface area contributed by atoms with Gasteiger partial charge in [0.05, 0.1) is 11.2 Å². The van der Waals surface area contributed by atoms with Gasteiger partial charge in [0.15, 0.2) is 0 Å². The maximum Gasteiger partial charge on any atom is 0.0933 e. The molecule has 1 N–H and O–H groups in total. The smallest absolute Gasteiger partial charge is 0.0933 e. The third-order valence-electron chi connectivity index (χ3n) is 2.84. The van der Waals surface area contributed by atoms with Gasteiger partial charge in [0.25, 0.3) is 0 Å². The maximum absolute atomic E-state index is 4.42. The first kappa shape index (κ1) is 10.7. The van der Waals surface area contributed by atoms with Crippen LogP contribution in [0, 0.1) is 0 Å². The molecule has 18 heavy (non-hydrogen) atoms. The second-order valence-corrected chi connectivity index (χ2v) is 4.10. The number of para-hydroxylation sites is 1. The highest BCUT2D eigenvalue weighted by atomic mass is 14.9. The van der Waals surface area contributed by atoms with Gasteiger partial charge >= 0.3 is 0 Å². The fraction of sp³-hybridized carbons (Fsp3) is 0.0667. The number of rotatable bonds is 3. The Hall–Kier alpha value is -2.42. The lowest BCUT2D eigenvalue weighted by molar-refractivity contribution is 1.11. The van der Waals surface area contributed by atoms with Gasteiger partial charge in [-0.25, -0.2) is 0 Å². The lowest BCUT2D eigenvalue weighted by Gasteiger charge is -2.08. The predicted molar refractivity (Wildman–Crippen MR) is 73.3 cm³/mol. The molecular weight excluding hydrogens is 222 g/mol. The predicted octanol–water partition coefficient (Wildman–Crippen LogP) is 3.24. The molecule has 0 amide bonds. The summed E-state index contributed by atoms with van der Waals surface area (Å²) in [5, 5.41) is 4.55. The molecule has 0 saturated carbocycles. The van der Waals surface area contributed by atoms with Crippen molar-refractivity contribution in [2.24, 2.45) is 0 Å². The summed E-state index contributed by atoms with van der Waals surface area (Å²) >= 11 is 0. The minimum absolute atomic E-state index is 0.753. The Kier molecular flexibility index (Phi) is 2.88. The molecule has 0 spiro atoms. The fourth-order valence-electron chi connectivity index (χ4n) is 1.95. The van der Waals surface area contributed by atoms with E-state index >= 15 is 0 Å². The SMILES string of the molecule is c1cncc(CNc2cccc3cccnc23)c1.